The maximum Gasteiger partial charge on any atom is 0.225 e. The second-order valence-electron chi connectivity index (χ2n) is 7.71. The van der Waals surface area contributed by atoms with Crippen LogP contribution in [0.4, 0.5) is 0 Å². The lowest BCUT2D eigenvalue weighted by Crippen LogP contribution is -2.45. The van der Waals surface area contributed by atoms with Crippen LogP contribution in [0.5, 0.6) is 0 Å². The number of amides is 1. The maximum absolute atomic E-state index is 12.6. The highest BCUT2D eigenvalue weighted by molar-refractivity contribution is 5.81. The highest BCUT2D eigenvalue weighted by Crippen LogP contribution is 2.27. The first kappa shape index (κ1) is 19.6. The molecule has 1 amide bonds. The van der Waals surface area contributed by atoms with E-state index in [2.05, 4.69) is 33.5 Å². The number of aliphatic imine (C=N–C) groups is 1. The summed E-state index contributed by atoms with van der Waals surface area (Å²) in [5.74, 6) is 1.48. The van der Waals surface area contributed by atoms with Crippen LogP contribution >= 0.6 is 0 Å². The predicted octanol–water partition coefficient (Wildman–Crippen LogP) is 2.28. The summed E-state index contributed by atoms with van der Waals surface area (Å²) in [6.07, 6.45) is 8.36. The van der Waals surface area contributed by atoms with Crippen LogP contribution in [-0.2, 0) is 11.2 Å². The Bertz CT molecular complexity index is 636. The summed E-state index contributed by atoms with van der Waals surface area (Å²) in [6, 6.07) is 4.44. The lowest BCUT2D eigenvalue weighted by Gasteiger charge is -2.21. The van der Waals surface area contributed by atoms with Crippen molar-refractivity contribution in [2.75, 3.05) is 26.2 Å². The first-order valence-corrected chi connectivity index (χ1v) is 10.4. The Hall–Kier alpha value is -2.11. The van der Waals surface area contributed by atoms with Gasteiger partial charge < -0.3 is 15.5 Å². The fourth-order valence-electron chi connectivity index (χ4n) is 3.97. The molecule has 1 aromatic rings. The van der Waals surface area contributed by atoms with Gasteiger partial charge in [0.25, 0.3) is 0 Å². The third-order valence-corrected chi connectivity index (χ3v) is 5.53. The summed E-state index contributed by atoms with van der Waals surface area (Å²) in [7, 11) is 0. The molecule has 2 aliphatic rings. The molecule has 1 unspecified atom stereocenters. The van der Waals surface area contributed by atoms with E-state index in [1.807, 2.05) is 19.2 Å². The van der Waals surface area contributed by atoms with E-state index in [9.17, 15) is 4.79 Å². The zero-order valence-electron chi connectivity index (χ0n) is 16.7. The monoisotopic (exact) mass is 371 g/mol. The second kappa shape index (κ2) is 9.72. The van der Waals surface area contributed by atoms with Gasteiger partial charge in [-0.25, -0.2) is 0 Å². The van der Waals surface area contributed by atoms with E-state index in [4.69, 9.17) is 4.99 Å². The SMILES string of the molecule is CCNC(=NCCc1ccc(C)nc1)NC1CCN(C(=O)C2CCCC2)C1. The molecular weight excluding hydrogens is 338 g/mol. The molecule has 1 saturated heterocycles. The number of likely N-dealkylation sites (tertiary alicyclic amines) is 1. The third-order valence-electron chi connectivity index (χ3n) is 5.53. The number of carbonyl (C=O) groups is 1. The van der Waals surface area contributed by atoms with Crippen LogP contribution in [0.1, 0.15) is 50.3 Å². The van der Waals surface area contributed by atoms with Crippen molar-refractivity contribution in [2.45, 2.75) is 58.4 Å². The summed E-state index contributed by atoms with van der Waals surface area (Å²) >= 11 is 0. The molecule has 0 aromatic carbocycles. The van der Waals surface area contributed by atoms with Crippen LogP contribution < -0.4 is 10.6 Å². The topological polar surface area (TPSA) is 69.6 Å². The number of pyridine rings is 1. The molecule has 1 saturated carbocycles. The molecule has 1 atom stereocenters. The molecule has 2 N–H and O–H groups in total. The summed E-state index contributed by atoms with van der Waals surface area (Å²) in [5, 5.41) is 6.84. The van der Waals surface area contributed by atoms with E-state index in [-0.39, 0.29) is 12.0 Å². The van der Waals surface area contributed by atoms with Crippen molar-refractivity contribution in [3.05, 3.63) is 29.6 Å². The molecule has 6 heteroatoms. The number of aryl methyl sites for hydroxylation is 1. The van der Waals surface area contributed by atoms with Crippen molar-refractivity contribution in [1.82, 2.24) is 20.5 Å². The van der Waals surface area contributed by atoms with Crippen molar-refractivity contribution in [1.29, 1.82) is 0 Å². The fraction of sp³-hybridized carbons (Fsp3) is 0.667. The number of nitrogens with zero attached hydrogens (tertiary/aromatic N) is 3. The first-order valence-electron chi connectivity index (χ1n) is 10.4. The van der Waals surface area contributed by atoms with Gasteiger partial charge in [0.2, 0.25) is 5.91 Å². The molecular formula is C21H33N5O. The zero-order valence-corrected chi connectivity index (χ0v) is 16.7. The molecule has 148 valence electrons. The highest BCUT2D eigenvalue weighted by atomic mass is 16.2. The molecule has 0 bridgehead atoms. The highest BCUT2D eigenvalue weighted by Gasteiger charge is 2.32. The lowest BCUT2D eigenvalue weighted by atomic mass is 10.1. The van der Waals surface area contributed by atoms with Crippen molar-refractivity contribution < 1.29 is 4.79 Å². The molecule has 1 aliphatic heterocycles. The van der Waals surface area contributed by atoms with Gasteiger partial charge in [-0.1, -0.05) is 18.9 Å². The minimum atomic E-state index is 0.272. The van der Waals surface area contributed by atoms with Gasteiger partial charge in [-0.2, -0.15) is 0 Å². The Morgan fingerprint density at radius 1 is 1.30 bits per heavy atom. The normalized spacial score (nSPS) is 20.9. The number of hydrogen-bond donors (Lipinski definition) is 2. The van der Waals surface area contributed by atoms with Crippen LogP contribution in [0.25, 0.3) is 0 Å². The van der Waals surface area contributed by atoms with Gasteiger partial charge >= 0.3 is 0 Å². The maximum atomic E-state index is 12.6. The Labute approximate surface area is 162 Å². The molecule has 27 heavy (non-hydrogen) atoms. The van der Waals surface area contributed by atoms with Crippen LogP contribution in [0.15, 0.2) is 23.3 Å². The fourth-order valence-corrected chi connectivity index (χ4v) is 3.97. The van der Waals surface area contributed by atoms with E-state index in [1.54, 1.807) is 0 Å². The van der Waals surface area contributed by atoms with Gasteiger partial charge in [-0.3, -0.25) is 14.8 Å². The van der Waals surface area contributed by atoms with Gasteiger partial charge in [-0.05, 0) is 51.2 Å². The number of carbonyl (C=O) groups excluding carboxylic acids is 1. The van der Waals surface area contributed by atoms with E-state index in [0.717, 1.165) is 63.5 Å². The lowest BCUT2D eigenvalue weighted by molar-refractivity contribution is -0.134. The van der Waals surface area contributed by atoms with Crippen LogP contribution in [0.2, 0.25) is 0 Å². The van der Waals surface area contributed by atoms with E-state index < -0.39 is 0 Å². The number of guanidine groups is 1. The third kappa shape index (κ3) is 5.68. The average molecular weight is 372 g/mol. The van der Waals surface area contributed by atoms with Gasteiger partial charge in [-0.15, -0.1) is 0 Å². The largest absolute Gasteiger partial charge is 0.357 e. The molecule has 2 fully saturated rings. The number of hydrogen-bond acceptors (Lipinski definition) is 3. The molecule has 0 radical (unpaired) electrons. The van der Waals surface area contributed by atoms with Crippen molar-refractivity contribution in [3.8, 4) is 0 Å². The Kier molecular flexibility index (Phi) is 7.07. The van der Waals surface area contributed by atoms with Crippen LogP contribution in [-0.4, -0.2) is 54.0 Å². The number of aromatic nitrogens is 1. The van der Waals surface area contributed by atoms with Crippen LogP contribution in [0.3, 0.4) is 0 Å². The number of rotatable bonds is 6. The smallest absolute Gasteiger partial charge is 0.225 e. The summed E-state index contributed by atoms with van der Waals surface area (Å²) < 4.78 is 0. The molecule has 1 aromatic heterocycles. The zero-order chi connectivity index (χ0) is 19.1. The van der Waals surface area contributed by atoms with Crippen molar-refractivity contribution >= 4 is 11.9 Å². The minimum absolute atomic E-state index is 0.272. The van der Waals surface area contributed by atoms with Gasteiger partial charge in [0.15, 0.2) is 5.96 Å². The van der Waals surface area contributed by atoms with Crippen molar-refractivity contribution in [3.63, 3.8) is 0 Å². The van der Waals surface area contributed by atoms with Crippen molar-refractivity contribution in [2.24, 2.45) is 10.9 Å². The molecule has 2 heterocycles. The molecule has 6 nitrogen and oxygen atoms in total. The van der Waals surface area contributed by atoms with Crippen LogP contribution in [0, 0.1) is 12.8 Å². The van der Waals surface area contributed by atoms with E-state index in [0.29, 0.717) is 5.91 Å². The van der Waals surface area contributed by atoms with Gasteiger partial charge in [0, 0.05) is 50.0 Å². The predicted molar refractivity (Wildman–Crippen MR) is 109 cm³/mol. The average Bonchev–Trinajstić information content (AvgIpc) is 3.35. The summed E-state index contributed by atoms with van der Waals surface area (Å²) in [5.41, 5.74) is 2.24. The molecule has 3 rings (SSSR count). The standard InChI is InChI=1S/C21H33N5O/c1-3-22-21(23-12-10-17-9-8-16(2)24-14-17)25-19-11-13-26(15-19)20(27)18-6-4-5-7-18/h8-9,14,18-19H,3-7,10-13,15H2,1-2H3,(H2,22,23,25). The second-order valence-corrected chi connectivity index (χ2v) is 7.71. The van der Waals surface area contributed by atoms with Gasteiger partial charge in [0.05, 0.1) is 0 Å². The summed E-state index contributed by atoms with van der Waals surface area (Å²) in [6.45, 7) is 7.28. The summed E-state index contributed by atoms with van der Waals surface area (Å²) in [4.78, 5) is 23.7. The Balaban J connectivity index is 1.48. The quantitative estimate of drug-likeness (QED) is 0.595. The molecule has 1 aliphatic carbocycles. The van der Waals surface area contributed by atoms with Gasteiger partial charge in [0.1, 0.15) is 0 Å². The van der Waals surface area contributed by atoms with E-state index >= 15 is 0 Å². The number of nitrogens with one attached hydrogen (secondary N) is 2. The molecule has 0 spiro atoms. The minimum Gasteiger partial charge on any atom is -0.357 e. The Morgan fingerprint density at radius 3 is 2.81 bits per heavy atom. The Morgan fingerprint density at radius 2 is 2.11 bits per heavy atom. The first-order chi connectivity index (χ1) is 13.2. The van der Waals surface area contributed by atoms with E-state index in [1.165, 1.54) is 18.4 Å².